The maximum atomic E-state index is 12.6. The summed E-state index contributed by atoms with van der Waals surface area (Å²) < 4.78 is 0. The van der Waals surface area contributed by atoms with E-state index in [1.54, 1.807) is 18.2 Å². The van der Waals surface area contributed by atoms with E-state index in [1.807, 2.05) is 31.2 Å². The second-order valence-corrected chi connectivity index (χ2v) is 6.58. The molecule has 144 valence electrons. The Morgan fingerprint density at radius 2 is 1.86 bits per heavy atom. The van der Waals surface area contributed by atoms with Crippen LogP contribution in [-0.4, -0.2) is 32.6 Å². The minimum absolute atomic E-state index is 0.0799. The minimum atomic E-state index is -1.07. The van der Waals surface area contributed by atoms with Gasteiger partial charge < -0.3 is 5.11 Å². The second-order valence-electron chi connectivity index (χ2n) is 6.58. The number of carbonyl (C=O) groups excluding carboxylic acids is 1. The van der Waals surface area contributed by atoms with Crippen LogP contribution < -0.4 is 0 Å². The number of hydrogen-bond acceptors (Lipinski definition) is 5. The van der Waals surface area contributed by atoms with Gasteiger partial charge in [0.2, 0.25) is 5.91 Å². The van der Waals surface area contributed by atoms with Gasteiger partial charge in [0.25, 0.3) is 5.69 Å². The van der Waals surface area contributed by atoms with Gasteiger partial charge in [0.15, 0.2) is 0 Å². The van der Waals surface area contributed by atoms with Crippen molar-refractivity contribution in [3.63, 3.8) is 0 Å². The molecule has 0 spiro atoms. The Morgan fingerprint density at radius 1 is 1.18 bits per heavy atom. The third-order valence-electron chi connectivity index (χ3n) is 4.59. The number of nitrogens with zero attached hydrogens (tertiary/aromatic N) is 3. The van der Waals surface area contributed by atoms with Crippen molar-refractivity contribution in [3.8, 4) is 0 Å². The highest BCUT2D eigenvalue weighted by molar-refractivity contribution is 6.06. The number of aliphatic carboxylic acids is 1. The molecule has 0 radical (unpaired) electrons. The summed E-state index contributed by atoms with van der Waals surface area (Å²) in [6, 6.07) is 13.4. The molecule has 1 heterocycles. The molecule has 8 nitrogen and oxygen atoms in total. The fourth-order valence-corrected chi connectivity index (χ4v) is 3.16. The molecule has 1 unspecified atom stereocenters. The number of hydrogen-bond donors (Lipinski definition) is 1. The van der Waals surface area contributed by atoms with E-state index >= 15 is 0 Å². The van der Waals surface area contributed by atoms with Crippen LogP contribution in [0.1, 0.15) is 42.0 Å². The maximum Gasteiger partial charge on any atom is 0.303 e. The van der Waals surface area contributed by atoms with Crippen molar-refractivity contribution in [1.29, 1.82) is 0 Å². The van der Waals surface area contributed by atoms with Crippen LogP contribution in [0.4, 0.5) is 5.69 Å². The van der Waals surface area contributed by atoms with Gasteiger partial charge in [-0.3, -0.25) is 19.7 Å². The normalized spacial score (nSPS) is 16.0. The molecule has 0 saturated heterocycles. The molecule has 2 aromatic rings. The van der Waals surface area contributed by atoms with Crippen molar-refractivity contribution in [1.82, 2.24) is 5.01 Å². The van der Waals surface area contributed by atoms with Crippen LogP contribution in [0.5, 0.6) is 0 Å². The molecular weight excluding hydrogens is 362 g/mol. The van der Waals surface area contributed by atoms with Gasteiger partial charge in [0, 0.05) is 18.9 Å². The first-order chi connectivity index (χ1) is 13.4. The highest BCUT2D eigenvalue weighted by atomic mass is 16.6. The predicted octanol–water partition coefficient (Wildman–Crippen LogP) is 3.45. The number of aryl methyl sites for hydroxylation is 1. The molecule has 8 heteroatoms. The molecule has 2 aromatic carbocycles. The van der Waals surface area contributed by atoms with Gasteiger partial charge in [0.05, 0.1) is 28.7 Å². The molecular formula is C20H19N3O5. The SMILES string of the molecule is Cc1ccc(C2CC(c3ccccc3[N+](=O)[O-])=NN2C(=O)CCC(=O)O)cc1. The first kappa shape index (κ1) is 19.2. The van der Waals surface area contributed by atoms with Crippen LogP contribution in [-0.2, 0) is 9.59 Å². The van der Waals surface area contributed by atoms with E-state index in [1.165, 1.54) is 11.1 Å². The van der Waals surface area contributed by atoms with Gasteiger partial charge in [-0.1, -0.05) is 42.0 Å². The number of carboxylic acid groups (broad SMARTS) is 1. The zero-order chi connectivity index (χ0) is 20.3. The number of rotatable bonds is 6. The van der Waals surface area contributed by atoms with Crippen molar-refractivity contribution >= 4 is 23.3 Å². The zero-order valence-electron chi connectivity index (χ0n) is 15.2. The Labute approximate surface area is 161 Å². The van der Waals surface area contributed by atoms with Crippen LogP contribution in [0.15, 0.2) is 53.6 Å². The molecule has 1 aliphatic rings. The Bertz CT molecular complexity index is 953. The number of carbonyl (C=O) groups is 2. The van der Waals surface area contributed by atoms with Gasteiger partial charge in [-0.25, -0.2) is 5.01 Å². The largest absolute Gasteiger partial charge is 0.481 e. The second kappa shape index (κ2) is 7.99. The standard InChI is InChI=1S/C20H19N3O5/c1-13-6-8-14(9-7-13)18-12-16(15-4-2-3-5-17(15)23(27)28)21-22(18)19(24)10-11-20(25)26/h2-9,18H,10-12H2,1H3,(H,25,26). The lowest BCUT2D eigenvalue weighted by Crippen LogP contribution is -2.27. The molecule has 0 aliphatic carbocycles. The predicted molar refractivity (Wildman–Crippen MR) is 102 cm³/mol. The van der Waals surface area contributed by atoms with Gasteiger partial charge >= 0.3 is 5.97 Å². The van der Waals surface area contributed by atoms with Gasteiger partial charge in [-0.2, -0.15) is 5.10 Å². The summed E-state index contributed by atoms with van der Waals surface area (Å²) in [5.74, 6) is -1.50. The van der Waals surface area contributed by atoms with Crippen LogP contribution in [0.3, 0.4) is 0 Å². The number of nitro groups is 1. The quantitative estimate of drug-likeness (QED) is 0.608. The van der Waals surface area contributed by atoms with E-state index in [9.17, 15) is 19.7 Å². The first-order valence-electron chi connectivity index (χ1n) is 8.78. The van der Waals surface area contributed by atoms with Crippen molar-refractivity contribution in [2.24, 2.45) is 5.10 Å². The number of nitro benzene ring substituents is 1. The average Bonchev–Trinajstić information content (AvgIpc) is 3.12. The van der Waals surface area contributed by atoms with E-state index in [-0.39, 0.29) is 18.5 Å². The molecule has 1 N–H and O–H groups in total. The number of amides is 1. The summed E-state index contributed by atoms with van der Waals surface area (Å²) in [6.07, 6.45) is -0.176. The molecule has 0 bridgehead atoms. The average molecular weight is 381 g/mol. The minimum Gasteiger partial charge on any atom is -0.481 e. The van der Waals surface area contributed by atoms with E-state index in [0.717, 1.165) is 11.1 Å². The number of hydrazone groups is 1. The summed E-state index contributed by atoms with van der Waals surface area (Å²) in [6.45, 7) is 1.95. The van der Waals surface area contributed by atoms with Crippen LogP contribution in [0.25, 0.3) is 0 Å². The lowest BCUT2D eigenvalue weighted by atomic mass is 9.97. The van der Waals surface area contributed by atoms with Crippen LogP contribution in [0.2, 0.25) is 0 Å². The number of carboxylic acids is 1. The van der Waals surface area contributed by atoms with Crippen molar-refractivity contribution in [2.75, 3.05) is 0 Å². The van der Waals surface area contributed by atoms with Crippen molar-refractivity contribution in [3.05, 3.63) is 75.3 Å². The van der Waals surface area contributed by atoms with Crippen molar-refractivity contribution in [2.45, 2.75) is 32.2 Å². The van der Waals surface area contributed by atoms with Gasteiger partial charge in [0.1, 0.15) is 0 Å². The summed E-state index contributed by atoms with van der Waals surface area (Å²) in [5, 5.41) is 25.9. The fourth-order valence-electron chi connectivity index (χ4n) is 3.16. The maximum absolute atomic E-state index is 12.6. The summed E-state index contributed by atoms with van der Waals surface area (Å²) in [4.78, 5) is 34.3. The fraction of sp³-hybridized carbons (Fsp3) is 0.250. The number of para-hydroxylation sites is 1. The summed E-state index contributed by atoms with van der Waals surface area (Å²) >= 11 is 0. The molecule has 0 saturated carbocycles. The molecule has 1 atom stereocenters. The van der Waals surface area contributed by atoms with E-state index in [4.69, 9.17) is 5.11 Å². The smallest absolute Gasteiger partial charge is 0.303 e. The summed E-state index contributed by atoms with van der Waals surface area (Å²) in [5.41, 5.74) is 2.61. The third kappa shape index (κ3) is 4.06. The zero-order valence-corrected chi connectivity index (χ0v) is 15.2. The molecule has 3 rings (SSSR count). The lowest BCUT2D eigenvalue weighted by Gasteiger charge is -2.22. The van der Waals surface area contributed by atoms with Gasteiger partial charge in [-0.05, 0) is 18.6 Å². The highest BCUT2D eigenvalue weighted by Gasteiger charge is 2.35. The first-order valence-corrected chi connectivity index (χ1v) is 8.78. The Balaban J connectivity index is 1.98. The Kier molecular flexibility index (Phi) is 5.49. The van der Waals surface area contributed by atoms with E-state index in [0.29, 0.717) is 17.7 Å². The molecule has 0 fully saturated rings. The van der Waals surface area contributed by atoms with Crippen LogP contribution in [0, 0.1) is 17.0 Å². The topological polar surface area (TPSA) is 113 Å². The molecule has 1 amide bonds. The lowest BCUT2D eigenvalue weighted by molar-refractivity contribution is -0.385. The molecule has 0 aromatic heterocycles. The Hall–Kier alpha value is -3.55. The van der Waals surface area contributed by atoms with Gasteiger partial charge in [-0.15, -0.1) is 0 Å². The Morgan fingerprint density at radius 3 is 2.50 bits per heavy atom. The molecule has 28 heavy (non-hydrogen) atoms. The van der Waals surface area contributed by atoms with Crippen molar-refractivity contribution < 1.29 is 19.6 Å². The van der Waals surface area contributed by atoms with E-state index < -0.39 is 22.8 Å². The summed E-state index contributed by atoms with van der Waals surface area (Å²) in [7, 11) is 0. The van der Waals surface area contributed by atoms with E-state index in [2.05, 4.69) is 5.10 Å². The highest BCUT2D eigenvalue weighted by Crippen LogP contribution is 2.35. The third-order valence-corrected chi connectivity index (χ3v) is 4.59. The number of benzene rings is 2. The van der Waals surface area contributed by atoms with Crippen LogP contribution >= 0.6 is 0 Å². The molecule has 1 aliphatic heterocycles. The monoisotopic (exact) mass is 381 g/mol.